The van der Waals surface area contributed by atoms with E-state index in [9.17, 15) is 8.78 Å². The lowest BCUT2D eigenvalue weighted by Gasteiger charge is -2.13. The van der Waals surface area contributed by atoms with Gasteiger partial charge in [0, 0.05) is 11.6 Å². The van der Waals surface area contributed by atoms with Gasteiger partial charge in [-0.15, -0.1) is 0 Å². The number of furan rings is 1. The lowest BCUT2D eigenvalue weighted by Crippen LogP contribution is -2.20. The molecule has 108 valence electrons. The Morgan fingerprint density at radius 3 is 2.40 bits per heavy atom. The summed E-state index contributed by atoms with van der Waals surface area (Å²) < 4.78 is 32.2. The number of hydrogen-bond donors (Lipinski definition) is 1. The normalized spacial score (nSPS) is 12.6. The van der Waals surface area contributed by atoms with Crippen LogP contribution in [0.3, 0.4) is 0 Å². The molecule has 4 heteroatoms. The summed E-state index contributed by atoms with van der Waals surface area (Å²) in [6.07, 6.45) is 1.93. The molecule has 20 heavy (non-hydrogen) atoms. The molecule has 2 aromatic rings. The first-order valence-corrected chi connectivity index (χ1v) is 6.93. The molecule has 2 nitrogen and oxygen atoms in total. The summed E-state index contributed by atoms with van der Waals surface area (Å²) >= 11 is 0. The molecule has 0 saturated carbocycles. The van der Waals surface area contributed by atoms with Gasteiger partial charge in [-0.25, -0.2) is 8.78 Å². The molecule has 0 radical (unpaired) electrons. The van der Waals surface area contributed by atoms with Crippen LogP contribution < -0.4 is 5.32 Å². The lowest BCUT2D eigenvalue weighted by molar-refractivity contribution is 0.410. The van der Waals surface area contributed by atoms with Crippen molar-refractivity contribution in [3.8, 4) is 11.3 Å². The van der Waals surface area contributed by atoms with E-state index in [-0.39, 0.29) is 6.04 Å². The molecular formula is C16H19F2NO. The van der Waals surface area contributed by atoms with E-state index in [0.29, 0.717) is 11.3 Å². The van der Waals surface area contributed by atoms with Gasteiger partial charge in [0.2, 0.25) is 0 Å². The van der Waals surface area contributed by atoms with Crippen LogP contribution in [0, 0.1) is 11.6 Å². The first kappa shape index (κ1) is 14.7. The maximum Gasteiger partial charge on any atom is 0.134 e. The SMILES string of the molecule is CCCNC(CC)c1ccc(-c2cc(F)cc(F)c2)o1. The fraction of sp³-hybridized carbons (Fsp3) is 0.375. The van der Waals surface area contributed by atoms with Crippen LogP contribution in [0.1, 0.15) is 38.5 Å². The largest absolute Gasteiger partial charge is 0.459 e. The molecule has 1 N–H and O–H groups in total. The first-order chi connectivity index (χ1) is 9.63. The van der Waals surface area contributed by atoms with Crippen molar-refractivity contribution in [1.82, 2.24) is 5.32 Å². The Kier molecular flexibility index (Phi) is 4.90. The summed E-state index contributed by atoms with van der Waals surface area (Å²) in [4.78, 5) is 0. The second kappa shape index (κ2) is 6.66. The molecular weight excluding hydrogens is 260 g/mol. The van der Waals surface area contributed by atoms with E-state index in [4.69, 9.17) is 4.42 Å². The van der Waals surface area contributed by atoms with Gasteiger partial charge in [0.05, 0.1) is 6.04 Å². The molecule has 1 aromatic carbocycles. The number of hydrogen-bond acceptors (Lipinski definition) is 2. The second-order valence-corrected chi connectivity index (χ2v) is 4.78. The lowest BCUT2D eigenvalue weighted by atomic mass is 10.1. The molecule has 1 atom stereocenters. The van der Waals surface area contributed by atoms with Crippen molar-refractivity contribution in [2.45, 2.75) is 32.7 Å². The van der Waals surface area contributed by atoms with Crippen molar-refractivity contribution in [3.63, 3.8) is 0 Å². The molecule has 1 heterocycles. The fourth-order valence-corrected chi connectivity index (χ4v) is 2.16. The predicted molar refractivity (Wildman–Crippen MR) is 75.4 cm³/mol. The van der Waals surface area contributed by atoms with Crippen LogP contribution >= 0.6 is 0 Å². The molecule has 0 fully saturated rings. The molecule has 1 aromatic heterocycles. The Morgan fingerprint density at radius 2 is 1.80 bits per heavy atom. The minimum atomic E-state index is -0.603. The Bertz CT molecular complexity index is 545. The van der Waals surface area contributed by atoms with Crippen molar-refractivity contribution < 1.29 is 13.2 Å². The molecule has 1 unspecified atom stereocenters. The van der Waals surface area contributed by atoms with E-state index in [1.807, 2.05) is 6.07 Å². The molecule has 0 bridgehead atoms. The number of halogens is 2. The van der Waals surface area contributed by atoms with Gasteiger partial charge in [0.25, 0.3) is 0 Å². The van der Waals surface area contributed by atoms with Crippen LogP contribution in [-0.4, -0.2) is 6.54 Å². The van der Waals surface area contributed by atoms with Gasteiger partial charge in [-0.1, -0.05) is 13.8 Å². The molecule has 0 saturated heterocycles. The molecule has 0 aliphatic rings. The van der Waals surface area contributed by atoms with Crippen molar-refractivity contribution in [3.05, 3.63) is 47.7 Å². The van der Waals surface area contributed by atoms with Gasteiger partial charge in [0.15, 0.2) is 0 Å². The Balaban J connectivity index is 2.23. The summed E-state index contributed by atoms with van der Waals surface area (Å²) in [5, 5.41) is 3.38. The van der Waals surface area contributed by atoms with E-state index in [1.165, 1.54) is 12.1 Å². The summed E-state index contributed by atoms with van der Waals surface area (Å²) in [5.41, 5.74) is 0.416. The summed E-state index contributed by atoms with van der Waals surface area (Å²) in [6, 6.07) is 7.13. The highest BCUT2D eigenvalue weighted by atomic mass is 19.1. The van der Waals surface area contributed by atoms with Gasteiger partial charge in [-0.2, -0.15) is 0 Å². The smallest absolute Gasteiger partial charge is 0.134 e. The third-order valence-electron chi connectivity index (χ3n) is 3.17. The second-order valence-electron chi connectivity index (χ2n) is 4.78. The highest BCUT2D eigenvalue weighted by molar-refractivity contribution is 5.57. The van der Waals surface area contributed by atoms with Crippen molar-refractivity contribution >= 4 is 0 Å². The minimum Gasteiger partial charge on any atom is -0.459 e. The van der Waals surface area contributed by atoms with E-state index >= 15 is 0 Å². The van der Waals surface area contributed by atoms with Crippen LogP contribution in [0.4, 0.5) is 8.78 Å². The Labute approximate surface area is 117 Å². The third-order valence-corrected chi connectivity index (χ3v) is 3.17. The molecule has 0 amide bonds. The Morgan fingerprint density at radius 1 is 1.10 bits per heavy atom. The number of nitrogens with one attached hydrogen (secondary N) is 1. The highest BCUT2D eigenvalue weighted by Crippen LogP contribution is 2.27. The van der Waals surface area contributed by atoms with Crippen LogP contribution in [-0.2, 0) is 0 Å². The molecule has 2 rings (SSSR count). The van der Waals surface area contributed by atoms with Gasteiger partial charge in [-0.05, 0) is 43.7 Å². The first-order valence-electron chi connectivity index (χ1n) is 6.93. The molecule has 0 aliphatic carbocycles. The van der Waals surface area contributed by atoms with Gasteiger partial charge in [0.1, 0.15) is 23.2 Å². The Hall–Kier alpha value is -1.68. The maximum atomic E-state index is 13.2. The van der Waals surface area contributed by atoms with E-state index in [1.54, 1.807) is 6.07 Å². The van der Waals surface area contributed by atoms with Crippen LogP contribution in [0.15, 0.2) is 34.7 Å². The van der Waals surface area contributed by atoms with Crippen LogP contribution in [0.25, 0.3) is 11.3 Å². The summed E-state index contributed by atoms with van der Waals surface area (Å²) in [6.45, 7) is 5.07. The zero-order chi connectivity index (χ0) is 14.5. The third kappa shape index (κ3) is 3.45. The van der Waals surface area contributed by atoms with Crippen molar-refractivity contribution in [2.75, 3.05) is 6.54 Å². The quantitative estimate of drug-likeness (QED) is 0.830. The number of rotatable bonds is 6. The van der Waals surface area contributed by atoms with E-state index in [2.05, 4.69) is 19.2 Å². The standard InChI is InChI=1S/C16H19F2NO/c1-3-7-19-14(4-2)16-6-5-15(20-16)11-8-12(17)10-13(18)9-11/h5-6,8-10,14,19H,3-4,7H2,1-2H3. The number of benzene rings is 1. The zero-order valence-corrected chi connectivity index (χ0v) is 11.7. The molecule has 0 spiro atoms. The summed E-state index contributed by atoms with van der Waals surface area (Å²) in [5.74, 6) is 0.0685. The zero-order valence-electron chi connectivity index (χ0n) is 11.7. The van der Waals surface area contributed by atoms with E-state index in [0.717, 1.165) is 31.2 Å². The van der Waals surface area contributed by atoms with Gasteiger partial charge < -0.3 is 9.73 Å². The van der Waals surface area contributed by atoms with Crippen LogP contribution in [0.5, 0.6) is 0 Å². The monoisotopic (exact) mass is 279 g/mol. The maximum absolute atomic E-state index is 13.2. The highest BCUT2D eigenvalue weighted by Gasteiger charge is 2.14. The molecule has 0 aliphatic heterocycles. The van der Waals surface area contributed by atoms with E-state index < -0.39 is 11.6 Å². The fourth-order valence-electron chi connectivity index (χ4n) is 2.16. The topological polar surface area (TPSA) is 25.2 Å². The average Bonchev–Trinajstić information content (AvgIpc) is 2.88. The summed E-state index contributed by atoms with van der Waals surface area (Å²) in [7, 11) is 0. The van der Waals surface area contributed by atoms with Crippen molar-refractivity contribution in [2.24, 2.45) is 0 Å². The average molecular weight is 279 g/mol. The van der Waals surface area contributed by atoms with Crippen molar-refractivity contribution in [1.29, 1.82) is 0 Å². The van der Waals surface area contributed by atoms with Gasteiger partial charge >= 0.3 is 0 Å². The predicted octanol–water partition coefficient (Wildman–Crippen LogP) is 4.68. The minimum absolute atomic E-state index is 0.127. The van der Waals surface area contributed by atoms with Gasteiger partial charge in [-0.3, -0.25) is 0 Å². The van der Waals surface area contributed by atoms with Crippen LogP contribution in [0.2, 0.25) is 0 Å².